The Hall–Kier alpha value is -2.76. The van der Waals surface area contributed by atoms with Crippen molar-refractivity contribution in [3.8, 4) is 0 Å². The molecule has 4 rings (SSSR count). The van der Waals surface area contributed by atoms with Gasteiger partial charge in [-0.2, -0.15) is 5.10 Å². The summed E-state index contributed by atoms with van der Waals surface area (Å²) in [6.45, 7) is 6.18. The average Bonchev–Trinajstić information content (AvgIpc) is 3.31. The number of aromatic nitrogens is 2. The predicted octanol–water partition coefficient (Wildman–Crippen LogP) is 8.16. The molecule has 1 aromatic heterocycles. The van der Waals surface area contributed by atoms with E-state index in [1.54, 1.807) is 6.92 Å². The summed E-state index contributed by atoms with van der Waals surface area (Å²) in [5.41, 5.74) is 8.73. The molecule has 0 bridgehead atoms. The Morgan fingerprint density at radius 2 is 1.71 bits per heavy atom. The average molecular weight is 594 g/mol. The molecule has 4 aromatic rings. The van der Waals surface area contributed by atoms with Gasteiger partial charge in [-0.3, -0.25) is 0 Å². The Labute approximate surface area is 221 Å². The first kappa shape index (κ1) is 25.3. The van der Waals surface area contributed by atoms with E-state index < -0.39 is 0 Å². The summed E-state index contributed by atoms with van der Waals surface area (Å²) in [5.74, 6) is -0.282. The highest BCUT2D eigenvalue weighted by Crippen LogP contribution is 2.37. The molecule has 0 aliphatic carbocycles. The fourth-order valence-electron chi connectivity index (χ4n) is 4.24. The second-order valence-corrected chi connectivity index (χ2v) is 10.2. The van der Waals surface area contributed by atoms with Crippen LogP contribution in [-0.2, 0) is 9.53 Å². The molecule has 35 heavy (non-hydrogen) atoms. The number of ether oxygens (including phenoxy) is 1. The maximum Gasteiger partial charge on any atom is 0.333 e. The van der Waals surface area contributed by atoms with Crippen LogP contribution in [0.3, 0.4) is 0 Å². The quantitative estimate of drug-likeness (QED) is 0.0680. The van der Waals surface area contributed by atoms with E-state index in [1.165, 1.54) is 22.3 Å². The molecular formula is C29H28IN2O2P. The summed E-state index contributed by atoms with van der Waals surface area (Å²) in [6, 6.07) is 25.6. The number of allylic oxidation sites excluding steroid dienone is 1. The Bertz CT molecular complexity index is 1390. The molecule has 0 saturated carbocycles. The van der Waals surface area contributed by atoms with Crippen molar-refractivity contribution in [2.75, 3.05) is 6.61 Å². The monoisotopic (exact) mass is 594 g/mol. The number of nitrogens with zero attached hydrogens (tertiary/aromatic N) is 2. The minimum Gasteiger partial charge on any atom is -0.463 e. The summed E-state index contributed by atoms with van der Waals surface area (Å²) in [6.07, 6.45) is 5.28. The Morgan fingerprint density at radius 3 is 2.37 bits per heavy atom. The van der Waals surface area contributed by atoms with Crippen LogP contribution < -0.4 is 0 Å². The zero-order valence-corrected chi connectivity index (χ0v) is 23.2. The fourth-order valence-corrected chi connectivity index (χ4v) is 5.78. The molecule has 1 atom stereocenters. The summed E-state index contributed by atoms with van der Waals surface area (Å²) in [5, 5.41) is 5.67. The minimum absolute atomic E-state index is 0.282. The number of carbonyl (C=O) groups excluding carboxylic acids is 1. The minimum atomic E-state index is -0.282. The largest absolute Gasteiger partial charge is 0.463 e. The van der Waals surface area contributed by atoms with E-state index in [-0.39, 0.29) is 5.97 Å². The molecule has 0 fully saturated rings. The zero-order valence-electron chi connectivity index (χ0n) is 20.1. The number of rotatable bonds is 8. The second kappa shape index (κ2) is 11.8. The Kier molecular flexibility index (Phi) is 8.53. The van der Waals surface area contributed by atoms with E-state index in [1.807, 2.05) is 23.6 Å². The normalized spacial score (nSPS) is 12.9. The van der Waals surface area contributed by atoms with Gasteiger partial charge in [-0.1, -0.05) is 67.6 Å². The van der Waals surface area contributed by atoms with Crippen LogP contribution in [0.25, 0.3) is 28.1 Å². The summed E-state index contributed by atoms with van der Waals surface area (Å²) >= 11 is 2.36. The molecule has 1 unspecified atom stereocenters. The third-order valence-corrected chi connectivity index (χ3v) is 7.78. The van der Waals surface area contributed by atoms with Gasteiger partial charge < -0.3 is 4.74 Å². The highest BCUT2D eigenvalue weighted by molar-refractivity contribution is 14.2. The van der Waals surface area contributed by atoms with Gasteiger partial charge in [0.2, 0.25) is 0 Å². The summed E-state index contributed by atoms with van der Waals surface area (Å²) in [4.78, 5) is 12.0. The van der Waals surface area contributed by atoms with Crippen molar-refractivity contribution in [3.63, 3.8) is 0 Å². The third kappa shape index (κ3) is 5.74. The van der Waals surface area contributed by atoms with E-state index in [2.05, 4.69) is 107 Å². The van der Waals surface area contributed by atoms with E-state index in [9.17, 15) is 4.79 Å². The van der Waals surface area contributed by atoms with Gasteiger partial charge in [0.05, 0.1) is 24.7 Å². The fraction of sp³-hybridized carbons (Fsp3) is 0.172. The lowest BCUT2D eigenvalue weighted by Crippen LogP contribution is -2.04. The third-order valence-electron chi connectivity index (χ3n) is 5.89. The molecule has 0 saturated heterocycles. The Balaban J connectivity index is 1.84. The van der Waals surface area contributed by atoms with Crippen LogP contribution in [0, 0.1) is 0 Å². The maximum atomic E-state index is 12.0. The first-order valence-corrected chi connectivity index (χ1v) is 15.7. The highest BCUT2D eigenvalue weighted by Gasteiger charge is 2.15. The summed E-state index contributed by atoms with van der Waals surface area (Å²) < 4.78 is 7.15. The first-order chi connectivity index (χ1) is 17.0. The smallest absolute Gasteiger partial charge is 0.333 e. The number of carbonyl (C=O) groups is 1. The molecule has 0 N–H and O–H groups in total. The maximum absolute atomic E-state index is 12.0. The molecule has 4 nitrogen and oxygen atoms in total. The number of esters is 1. The molecule has 0 aliphatic rings. The molecular weight excluding hydrogens is 566 g/mol. The number of hydrogen-bond acceptors (Lipinski definition) is 3. The van der Waals surface area contributed by atoms with Crippen LogP contribution in [-0.4, -0.2) is 22.1 Å². The van der Waals surface area contributed by atoms with E-state index in [0.29, 0.717) is 18.6 Å². The lowest BCUT2D eigenvalue weighted by atomic mass is 9.87. The van der Waals surface area contributed by atoms with Crippen molar-refractivity contribution in [1.82, 2.24) is 9.55 Å². The van der Waals surface area contributed by atoms with E-state index >= 15 is 0 Å². The SMILES string of the molecule is CCOC(=O)/C(C)=C/c1ccc(/C(=C(/CC)c2ccccc2)c2ccc3c(cnn3PI)c2)cc1. The standard InChI is InChI=1S/C29H28IN2O2P/c1-4-26(22-9-7-6-8-10-22)28(24-15-16-27-25(18-24)19-31-32(27)35-30)23-13-11-21(12-14-23)17-20(3)29(33)34-5-2/h6-19,35H,4-5H2,1-3H3/b20-17+,28-26+. The van der Waals surface area contributed by atoms with Gasteiger partial charge in [0.25, 0.3) is 0 Å². The van der Waals surface area contributed by atoms with Gasteiger partial charge in [0, 0.05) is 11.0 Å². The number of hydrogen-bond donors (Lipinski definition) is 0. The molecule has 0 spiro atoms. The molecule has 0 aliphatic heterocycles. The van der Waals surface area contributed by atoms with E-state index in [0.717, 1.165) is 28.5 Å². The van der Waals surface area contributed by atoms with Crippen LogP contribution in [0.4, 0.5) is 0 Å². The van der Waals surface area contributed by atoms with Gasteiger partial charge >= 0.3 is 5.97 Å². The molecule has 1 heterocycles. The molecule has 0 amide bonds. The number of fused-ring (bicyclic) bond motifs is 1. The van der Waals surface area contributed by atoms with Crippen LogP contribution in [0.15, 0.2) is 84.6 Å². The van der Waals surface area contributed by atoms with Crippen LogP contribution in [0.5, 0.6) is 0 Å². The zero-order chi connectivity index (χ0) is 24.8. The second-order valence-electron chi connectivity index (χ2n) is 8.16. The van der Waals surface area contributed by atoms with Gasteiger partial charge in [-0.15, -0.1) is 0 Å². The van der Waals surface area contributed by atoms with Crippen molar-refractivity contribution in [3.05, 3.63) is 107 Å². The molecule has 0 radical (unpaired) electrons. The van der Waals surface area contributed by atoms with Crippen molar-refractivity contribution >= 4 is 62.5 Å². The van der Waals surface area contributed by atoms with E-state index in [4.69, 9.17) is 4.74 Å². The van der Waals surface area contributed by atoms with Crippen LogP contribution >= 0.6 is 28.4 Å². The van der Waals surface area contributed by atoms with Gasteiger partial charge in [-0.25, -0.2) is 9.25 Å². The molecule has 6 heteroatoms. The molecule has 178 valence electrons. The number of halogens is 1. The van der Waals surface area contributed by atoms with Crippen LogP contribution in [0.1, 0.15) is 49.4 Å². The predicted molar refractivity (Wildman–Crippen MR) is 157 cm³/mol. The molecule has 3 aromatic carbocycles. The van der Waals surface area contributed by atoms with Crippen LogP contribution in [0.2, 0.25) is 0 Å². The van der Waals surface area contributed by atoms with Gasteiger partial charge in [-0.05, 0) is 93.9 Å². The number of benzene rings is 3. The van der Waals surface area contributed by atoms with Crippen molar-refractivity contribution < 1.29 is 9.53 Å². The van der Waals surface area contributed by atoms with Gasteiger partial charge in [0.1, 0.15) is 0 Å². The highest BCUT2D eigenvalue weighted by atomic mass is 127. The van der Waals surface area contributed by atoms with Gasteiger partial charge in [0.15, 0.2) is 0 Å². The van der Waals surface area contributed by atoms with Crippen molar-refractivity contribution in [1.29, 1.82) is 0 Å². The summed E-state index contributed by atoms with van der Waals surface area (Å²) in [7, 11) is 0. The lowest BCUT2D eigenvalue weighted by molar-refractivity contribution is -0.138. The van der Waals surface area contributed by atoms with Crippen molar-refractivity contribution in [2.24, 2.45) is 0 Å². The topological polar surface area (TPSA) is 44.1 Å². The Morgan fingerprint density at radius 1 is 1.00 bits per heavy atom. The lowest BCUT2D eigenvalue weighted by Gasteiger charge is -2.17. The van der Waals surface area contributed by atoms with Crippen molar-refractivity contribution in [2.45, 2.75) is 27.2 Å². The first-order valence-electron chi connectivity index (χ1n) is 11.6.